The molecular formula is C21H26N2O6S. The van der Waals surface area contributed by atoms with Crippen molar-refractivity contribution < 1.29 is 27.4 Å². The van der Waals surface area contributed by atoms with Crippen LogP contribution in [0, 0.1) is 13.8 Å². The molecule has 0 aliphatic carbocycles. The van der Waals surface area contributed by atoms with Crippen molar-refractivity contribution in [3.8, 4) is 17.2 Å². The van der Waals surface area contributed by atoms with Crippen molar-refractivity contribution in [2.24, 2.45) is 0 Å². The van der Waals surface area contributed by atoms with Gasteiger partial charge in [-0.2, -0.15) is 0 Å². The van der Waals surface area contributed by atoms with Crippen LogP contribution in [-0.2, 0) is 14.8 Å². The quantitative estimate of drug-likeness (QED) is 0.609. The van der Waals surface area contributed by atoms with Crippen molar-refractivity contribution >= 4 is 21.6 Å². The summed E-state index contributed by atoms with van der Waals surface area (Å²) in [5.41, 5.74) is 2.52. The van der Waals surface area contributed by atoms with Crippen LogP contribution < -0.4 is 23.8 Å². The first-order valence-corrected chi connectivity index (χ1v) is 11.3. The smallest absolute Gasteiger partial charge is 0.240 e. The van der Waals surface area contributed by atoms with Crippen LogP contribution in [0.15, 0.2) is 36.4 Å². The van der Waals surface area contributed by atoms with E-state index in [1.807, 2.05) is 32.0 Å². The normalized spacial score (nSPS) is 12.5. The van der Waals surface area contributed by atoms with E-state index < -0.39 is 15.9 Å². The predicted octanol–water partition coefficient (Wildman–Crippen LogP) is 2.38. The molecule has 2 aromatic rings. The number of anilines is 1. The zero-order valence-electron chi connectivity index (χ0n) is 17.3. The number of nitrogens with zero attached hydrogens (tertiary/aromatic N) is 1. The first-order chi connectivity index (χ1) is 14.3. The molecule has 9 heteroatoms. The molecule has 0 saturated heterocycles. The molecule has 1 amide bonds. The second-order valence-electron chi connectivity index (χ2n) is 6.84. The number of benzene rings is 2. The molecule has 0 aromatic heterocycles. The van der Waals surface area contributed by atoms with Crippen molar-refractivity contribution in [3.05, 3.63) is 47.5 Å². The fourth-order valence-corrected chi connectivity index (χ4v) is 4.03. The Bertz CT molecular complexity index is 1020. The van der Waals surface area contributed by atoms with Crippen LogP contribution in [0.3, 0.4) is 0 Å². The van der Waals surface area contributed by atoms with Gasteiger partial charge in [0.2, 0.25) is 22.7 Å². The molecule has 3 rings (SSSR count). The summed E-state index contributed by atoms with van der Waals surface area (Å²) < 4.78 is 42.5. The minimum absolute atomic E-state index is 0.0835. The number of sulfonamides is 1. The van der Waals surface area contributed by atoms with E-state index in [0.29, 0.717) is 17.2 Å². The highest BCUT2D eigenvalue weighted by atomic mass is 32.2. The number of ether oxygens (including phenoxy) is 3. The van der Waals surface area contributed by atoms with Crippen LogP contribution in [0.5, 0.6) is 17.2 Å². The zero-order valence-corrected chi connectivity index (χ0v) is 18.1. The monoisotopic (exact) mass is 434 g/mol. The van der Waals surface area contributed by atoms with Crippen molar-refractivity contribution in [2.45, 2.75) is 20.8 Å². The van der Waals surface area contributed by atoms with Crippen LogP contribution in [0.2, 0.25) is 0 Å². The highest BCUT2D eigenvalue weighted by molar-refractivity contribution is 7.92. The van der Waals surface area contributed by atoms with Gasteiger partial charge in [0.05, 0.1) is 18.0 Å². The highest BCUT2D eigenvalue weighted by Gasteiger charge is 2.25. The zero-order chi connectivity index (χ0) is 21.7. The van der Waals surface area contributed by atoms with E-state index in [0.717, 1.165) is 21.2 Å². The summed E-state index contributed by atoms with van der Waals surface area (Å²) in [7, 11) is -3.66. The third kappa shape index (κ3) is 4.96. The number of rotatable bonds is 9. The van der Waals surface area contributed by atoms with Crippen molar-refractivity contribution in [3.63, 3.8) is 0 Å². The Balaban J connectivity index is 1.60. The van der Waals surface area contributed by atoms with E-state index in [1.165, 1.54) is 6.92 Å². The van der Waals surface area contributed by atoms with E-state index in [2.05, 4.69) is 5.32 Å². The molecule has 0 spiro atoms. The lowest BCUT2D eigenvalue weighted by molar-refractivity contribution is -0.119. The molecule has 1 heterocycles. The lowest BCUT2D eigenvalue weighted by Gasteiger charge is -2.23. The van der Waals surface area contributed by atoms with Gasteiger partial charge in [0.1, 0.15) is 18.9 Å². The van der Waals surface area contributed by atoms with Gasteiger partial charge < -0.3 is 19.5 Å². The molecule has 162 valence electrons. The number of carbonyl (C=O) groups is 1. The Hall–Kier alpha value is -2.94. The van der Waals surface area contributed by atoms with Gasteiger partial charge in [-0.15, -0.1) is 0 Å². The molecule has 1 aliphatic rings. The minimum Gasteiger partial charge on any atom is -0.491 e. The molecular weight excluding hydrogens is 408 g/mol. The molecule has 30 heavy (non-hydrogen) atoms. The molecule has 0 fully saturated rings. The molecule has 0 saturated carbocycles. The maximum atomic E-state index is 12.6. The second-order valence-corrected chi connectivity index (χ2v) is 9.02. The summed E-state index contributed by atoms with van der Waals surface area (Å²) in [6.07, 6.45) is 0. The maximum Gasteiger partial charge on any atom is 0.240 e. The first-order valence-electron chi connectivity index (χ1n) is 9.67. The fourth-order valence-electron chi connectivity index (χ4n) is 2.96. The SMILES string of the molecule is CCS(=O)(=O)N(CC(=O)NCCOc1cccc(C)c1C)c1ccc2c(c1)OCO2. The van der Waals surface area contributed by atoms with Crippen molar-refractivity contribution in [1.82, 2.24) is 5.32 Å². The van der Waals surface area contributed by atoms with Gasteiger partial charge in [-0.05, 0) is 50.1 Å². The minimum atomic E-state index is -3.66. The van der Waals surface area contributed by atoms with E-state index >= 15 is 0 Å². The number of amides is 1. The number of nitrogens with one attached hydrogen (secondary N) is 1. The lowest BCUT2D eigenvalue weighted by Crippen LogP contribution is -2.42. The maximum absolute atomic E-state index is 12.6. The van der Waals surface area contributed by atoms with Gasteiger partial charge in [-0.25, -0.2) is 8.42 Å². The molecule has 0 radical (unpaired) electrons. The van der Waals surface area contributed by atoms with Crippen molar-refractivity contribution in [1.29, 1.82) is 0 Å². The highest BCUT2D eigenvalue weighted by Crippen LogP contribution is 2.36. The Morgan fingerprint density at radius 2 is 1.93 bits per heavy atom. The summed E-state index contributed by atoms with van der Waals surface area (Å²) in [6.45, 7) is 5.80. The number of hydrogen-bond acceptors (Lipinski definition) is 6. The Kier molecular flexibility index (Phi) is 6.71. The standard InChI is InChI=1S/C21H26N2O6S/c1-4-30(25,26)23(17-8-9-19-20(12-17)29-14-28-19)13-21(24)22-10-11-27-18-7-5-6-15(2)16(18)3/h5-9,12H,4,10-11,13-14H2,1-3H3,(H,22,24). The third-order valence-corrected chi connectivity index (χ3v) is 6.61. The predicted molar refractivity (Wildman–Crippen MR) is 114 cm³/mol. The summed E-state index contributed by atoms with van der Waals surface area (Å²) >= 11 is 0. The molecule has 1 aliphatic heterocycles. The van der Waals surface area contributed by atoms with Gasteiger partial charge in [0.15, 0.2) is 11.5 Å². The van der Waals surface area contributed by atoms with Gasteiger partial charge in [0.25, 0.3) is 0 Å². The Morgan fingerprint density at radius 3 is 2.70 bits per heavy atom. The molecule has 8 nitrogen and oxygen atoms in total. The number of fused-ring (bicyclic) bond motifs is 1. The average Bonchev–Trinajstić information content (AvgIpc) is 3.20. The summed E-state index contributed by atoms with van der Waals surface area (Å²) in [6, 6.07) is 10.6. The van der Waals surface area contributed by atoms with Crippen LogP contribution in [0.1, 0.15) is 18.1 Å². The van der Waals surface area contributed by atoms with Gasteiger partial charge in [-0.1, -0.05) is 12.1 Å². The first kappa shape index (κ1) is 21.8. The van der Waals surface area contributed by atoms with Crippen LogP contribution >= 0.6 is 0 Å². The topological polar surface area (TPSA) is 94.2 Å². The molecule has 0 atom stereocenters. The Labute approximate surface area is 176 Å². The van der Waals surface area contributed by atoms with Crippen LogP contribution in [-0.4, -0.2) is 46.6 Å². The van der Waals surface area contributed by atoms with Gasteiger partial charge >= 0.3 is 0 Å². The number of aryl methyl sites for hydroxylation is 1. The number of hydrogen-bond donors (Lipinski definition) is 1. The van der Waals surface area contributed by atoms with Gasteiger partial charge in [-0.3, -0.25) is 9.10 Å². The third-order valence-electron chi connectivity index (χ3n) is 4.87. The molecule has 0 bridgehead atoms. The summed E-state index contributed by atoms with van der Waals surface area (Å²) in [5, 5.41) is 2.71. The van der Waals surface area contributed by atoms with Crippen molar-refractivity contribution in [2.75, 3.05) is 36.5 Å². The van der Waals surface area contributed by atoms with E-state index in [4.69, 9.17) is 14.2 Å². The van der Waals surface area contributed by atoms with E-state index in [-0.39, 0.29) is 32.2 Å². The summed E-state index contributed by atoms with van der Waals surface area (Å²) in [5.74, 6) is 1.20. The van der Waals surface area contributed by atoms with E-state index in [9.17, 15) is 13.2 Å². The fraction of sp³-hybridized carbons (Fsp3) is 0.381. The second kappa shape index (κ2) is 9.25. The van der Waals surface area contributed by atoms with E-state index in [1.54, 1.807) is 18.2 Å². The molecule has 0 unspecified atom stereocenters. The van der Waals surface area contributed by atoms with Gasteiger partial charge in [0, 0.05) is 6.07 Å². The Morgan fingerprint density at radius 1 is 1.17 bits per heavy atom. The average molecular weight is 435 g/mol. The van der Waals surface area contributed by atoms with Crippen LogP contribution in [0.4, 0.5) is 5.69 Å². The largest absolute Gasteiger partial charge is 0.491 e. The molecule has 1 N–H and O–H groups in total. The lowest BCUT2D eigenvalue weighted by atomic mass is 10.1. The number of carbonyl (C=O) groups excluding carboxylic acids is 1. The summed E-state index contributed by atoms with van der Waals surface area (Å²) in [4.78, 5) is 12.4. The molecule has 2 aromatic carbocycles. The van der Waals surface area contributed by atoms with Crippen LogP contribution in [0.25, 0.3) is 0 Å².